The van der Waals surface area contributed by atoms with Gasteiger partial charge in [0, 0.05) is 17.6 Å². The molecule has 0 aromatic heterocycles. The average Bonchev–Trinajstić information content (AvgIpc) is 2.26. The summed E-state index contributed by atoms with van der Waals surface area (Å²) >= 11 is 6.05. The van der Waals surface area contributed by atoms with Crippen molar-refractivity contribution >= 4 is 11.6 Å². The van der Waals surface area contributed by atoms with E-state index in [9.17, 15) is 0 Å². The first-order chi connectivity index (χ1) is 8.88. The number of benzene rings is 1. The monoisotopic (exact) mass is 279 g/mol. The third kappa shape index (κ3) is 3.73. The molecule has 1 saturated carbocycles. The molecular weight excluding hydrogens is 254 g/mol. The lowest BCUT2D eigenvalue weighted by Gasteiger charge is -2.39. The summed E-state index contributed by atoms with van der Waals surface area (Å²) in [6, 6.07) is 9.00. The maximum Gasteiger partial charge on any atom is 0.0408 e. The fraction of sp³-hybridized carbons (Fsp3) is 0.647. The lowest BCUT2D eigenvalue weighted by atomic mass is 9.74. The van der Waals surface area contributed by atoms with Crippen molar-refractivity contribution in [3.05, 3.63) is 34.9 Å². The van der Waals surface area contributed by atoms with E-state index in [2.05, 4.69) is 51.2 Å². The Kier molecular flexibility index (Phi) is 4.58. The van der Waals surface area contributed by atoms with E-state index in [-0.39, 0.29) is 0 Å². The first-order valence-electron chi connectivity index (χ1n) is 7.37. The number of rotatable bonds is 5. The minimum absolute atomic E-state index is 0.376. The molecule has 1 aromatic rings. The van der Waals surface area contributed by atoms with Crippen LogP contribution in [0.4, 0.5) is 0 Å². The van der Waals surface area contributed by atoms with Gasteiger partial charge in [0.15, 0.2) is 0 Å². The summed E-state index contributed by atoms with van der Waals surface area (Å²) < 4.78 is 0. The van der Waals surface area contributed by atoms with Crippen LogP contribution in [0.5, 0.6) is 0 Å². The van der Waals surface area contributed by atoms with Gasteiger partial charge < -0.3 is 5.32 Å². The zero-order valence-corrected chi connectivity index (χ0v) is 13.3. The zero-order chi connectivity index (χ0) is 14.0. The number of hydrogen-bond donors (Lipinski definition) is 1. The molecule has 1 aliphatic carbocycles. The summed E-state index contributed by atoms with van der Waals surface area (Å²) in [7, 11) is 0. The zero-order valence-electron chi connectivity index (χ0n) is 12.5. The fourth-order valence-corrected chi connectivity index (χ4v) is 2.63. The maximum atomic E-state index is 6.05. The second-order valence-electron chi connectivity index (χ2n) is 6.94. The molecule has 0 unspecified atom stereocenters. The van der Waals surface area contributed by atoms with Gasteiger partial charge in [0.1, 0.15) is 0 Å². The topological polar surface area (TPSA) is 12.0 Å². The fourth-order valence-electron chi connectivity index (χ4n) is 2.43. The number of nitrogens with one attached hydrogen (secondary N) is 1. The van der Waals surface area contributed by atoms with Crippen LogP contribution in [0, 0.1) is 11.3 Å². The lowest BCUT2D eigenvalue weighted by Crippen LogP contribution is -2.45. The minimum atomic E-state index is 0.376. The van der Waals surface area contributed by atoms with Gasteiger partial charge in [-0.05, 0) is 47.8 Å². The lowest BCUT2D eigenvalue weighted by molar-refractivity contribution is 0.197. The van der Waals surface area contributed by atoms with Crippen molar-refractivity contribution in [1.29, 1.82) is 0 Å². The Bertz CT molecular complexity index is 419. The summed E-state index contributed by atoms with van der Waals surface area (Å²) in [5.74, 6) is 1.40. The number of hydrogen-bond acceptors (Lipinski definition) is 1. The van der Waals surface area contributed by atoms with E-state index in [1.807, 2.05) is 6.07 Å². The van der Waals surface area contributed by atoms with E-state index in [0.29, 0.717) is 23.3 Å². The highest BCUT2D eigenvalue weighted by atomic mass is 35.5. The molecule has 1 N–H and O–H groups in total. The Labute approximate surface area is 122 Å². The van der Waals surface area contributed by atoms with Gasteiger partial charge in [-0.25, -0.2) is 0 Å². The van der Waals surface area contributed by atoms with Crippen LogP contribution >= 0.6 is 11.6 Å². The molecule has 0 spiro atoms. The molecule has 2 heteroatoms. The van der Waals surface area contributed by atoms with Gasteiger partial charge in [-0.15, -0.1) is 0 Å². The molecule has 0 aliphatic heterocycles. The van der Waals surface area contributed by atoms with Gasteiger partial charge in [-0.1, -0.05) is 51.4 Å². The molecule has 0 heterocycles. The van der Waals surface area contributed by atoms with Gasteiger partial charge in [0.25, 0.3) is 0 Å². The van der Waals surface area contributed by atoms with Gasteiger partial charge >= 0.3 is 0 Å². The van der Waals surface area contributed by atoms with E-state index in [0.717, 1.165) is 11.6 Å². The van der Waals surface area contributed by atoms with Crippen LogP contribution < -0.4 is 5.32 Å². The normalized spacial score (nSPS) is 23.5. The van der Waals surface area contributed by atoms with Crippen molar-refractivity contribution in [3.8, 4) is 0 Å². The largest absolute Gasteiger partial charge is 0.313 e. The molecule has 1 aromatic carbocycles. The van der Waals surface area contributed by atoms with Crippen LogP contribution in [0.3, 0.4) is 0 Å². The number of halogens is 1. The molecule has 0 bridgehead atoms. The summed E-state index contributed by atoms with van der Waals surface area (Å²) in [5, 5.41) is 4.58. The molecule has 1 fully saturated rings. The second kappa shape index (κ2) is 5.85. The summed E-state index contributed by atoms with van der Waals surface area (Å²) in [6.45, 7) is 10.4. The maximum absolute atomic E-state index is 6.05. The molecule has 0 saturated heterocycles. The highest BCUT2D eigenvalue weighted by Crippen LogP contribution is 2.38. The van der Waals surface area contributed by atoms with Crippen molar-refractivity contribution in [2.24, 2.45) is 11.3 Å². The Balaban J connectivity index is 1.78. The van der Waals surface area contributed by atoms with Crippen LogP contribution in [-0.2, 0) is 0 Å². The van der Waals surface area contributed by atoms with Gasteiger partial charge in [0.05, 0.1) is 0 Å². The first kappa shape index (κ1) is 14.9. The summed E-state index contributed by atoms with van der Waals surface area (Å²) in [4.78, 5) is 0. The predicted octanol–water partition coefficient (Wildman–Crippen LogP) is 4.86. The minimum Gasteiger partial charge on any atom is -0.313 e. The average molecular weight is 280 g/mol. The third-order valence-electron chi connectivity index (χ3n) is 4.87. The molecule has 0 atom stereocenters. The Morgan fingerprint density at radius 2 is 2.00 bits per heavy atom. The molecule has 1 aliphatic rings. The molecule has 106 valence electrons. The smallest absolute Gasteiger partial charge is 0.0408 e. The molecule has 0 amide bonds. The standard InChI is InChI=1S/C17H26ClN/c1-12(2)17(3,4)11-19-16-9-14(10-16)13-6-5-7-15(18)8-13/h5-8,12,14,16,19H,9-11H2,1-4H3. The van der Waals surface area contributed by atoms with Crippen LogP contribution in [0.2, 0.25) is 5.02 Å². The van der Waals surface area contributed by atoms with Gasteiger partial charge in [0.2, 0.25) is 0 Å². The van der Waals surface area contributed by atoms with E-state index in [1.54, 1.807) is 0 Å². The highest BCUT2D eigenvalue weighted by Gasteiger charge is 2.32. The first-order valence-corrected chi connectivity index (χ1v) is 7.75. The Hall–Kier alpha value is -0.530. The Morgan fingerprint density at radius 3 is 2.58 bits per heavy atom. The van der Waals surface area contributed by atoms with Crippen LogP contribution in [0.15, 0.2) is 24.3 Å². The molecule has 2 rings (SSSR count). The molecular formula is C17H26ClN. The van der Waals surface area contributed by atoms with Crippen LogP contribution in [0.25, 0.3) is 0 Å². The van der Waals surface area contributed by atoms with E-state index in [4.69, 9.17) is 11.6 Å². The molecule has 0 radical (unpaired) electrons. The van der Waals surface area contributed by atoms with Crippen molar-refractivity contribution in [1.82, 2.24) is 5.32 Å². The summed E-state index contributed by atoms with van der Waals surface area (Å²) in [6.07, 6.45) is 2.49. The van der Waals surface area contributed by atoms with Gasteiger partial charge in [-0.2, -0.15) is 0 Å². The van der Waals surface area contributed by atoms with Crippen LogP contribution in [-0.4, -0.2) is 12.6 Å². The van der Waals surface area contributed by atoms with Crippen molar-refractivity contribution in [2.75, 3.05) is 6.54 Å². The quantitative estimate of drug-likeness (QED) is 0.812. The third-order valence-corrected chi connectivity index (χ3v) is 5.10. The summed E-state index contributed by atoms with van der Waals surface area (Å²) in [5.41, 5.74) is 1.77. The second-order valence-corrected chi connectivity index (χ2v) is 7.38. The highest BCUT2D eigenvalue weighted by molar-refractivity contribution is 6.30. The van der Waals surface area contributed by atoms with Crippen LogP contribution in [0.1, 0.15) is 52.0 Å². The molecule has 1 nitrogen and oxygen atoms in total. The van der Waals surface area contributed by atoms with Gasteiger partial charge in [-0.3, -0.25) is 0 Å². The van der Waals surface area contributed by atoms with Crippen molar-refractivity contribution < 1.29 is 0 Å². The predicted molar refractivity (Wildman–Crippen MR) is 83.8 cm³/mol. The van der Waals surface area contributed by atoms with E-state index < -0.39 is 0 Å². The van der Waals surface area contributed by atoms with E-state index in [1.165, 1.54) is 18.4 Å². The molecule has 19 heavy (non-hydrogen) atoms. The van der Waals surface area contributed by atoms with Crippen molar-refractivity contribution in [3.63, 3.8) is 0 Å². The van der Waals surface area contributed by atoms with E-state index >= 15 is 0 Å². The van der Waals surface area contributed by atoms with Crippen molar-refractivity contribution in [2.45, 2.75) is 52.5 Å². The SMILES string of the molecule is CC(C)C(C)(C)CNC1CC(c2cccc(Cl)c2)C1. The Morgan fingerprint density at radius 1 is 1.32 bits per heavy atom.